The van der Waals surface area contributed by atoms with Gasteiger partial charge < -0.3 is 9.13 Å². The average molecular weight is 819 g/mol. The summed E-state index contributed by atoms with van der Waals surface area (Å²) in [6.45, 7) is 0. The number of aromatic nitrogens is 2. The number of nitrogens with zero attached hydrogens (tertiary/aromatic N) is 2. The Morgan fingerprint density at radius 2 is 0.762 bits per heavy atom. The highest BCUT2D eigenvalue weighted by molar-refractivity contribution is 7.20. The molecule has 0 spiro atoms. The van der Waals surface area contributed by atoms with Crippen molar-refractivity contribution in [3.8, 4) is 33.6 Å². The SMILES string of the molecule is c1ccc(-c2cccc(-n3c4cc(-n5c6ccccc6c6cc([Si](c7ccccc7)(c7ccccc7)c7ccccc7)ccc65)ccc4c4cccc(-c5ccccc5)c43)c2)cc1. The van der Waals surface area contributed by atoms with Gasteiger partial charge in [-0.05, 0) is 73.8 Å². The molecule has 0 aliphatic carbocycles. The van der Waals surface area contributed by atoms with Gasteiger partial charge in [0.25, 0.3) is 0 Å². The summed E-state index contributed by atoms with van der Waals surface area (Å²) < 4.78 is 4.97. The molecule has 12 rings (SSSR count). The molecule has 3 heteroatoms. The molecule has 0 aliphatic heterocycles. The van der Waals surface area contributed by atoms with Crippen LogP contribution in [0.3, 0.4) is 0 Å². The second-order valence-corrected chi connectivity index (χ2v) is 20.3. The van der Waals surface area contributed by atoms with E-state index in [0.29, 0.717) is 0 Å². The van der Waals surface area contributed by atoms with Crippen molar-refractivity contribution >= 4 is 72.4 Å². The third-order valence-electron chi connectivity index (χ3n) is 13.1. The van der Waals surface area contributed by atoms with Gasteiger partial charge >= 0.3 is 0 Å². The zero-order chi connectivity index (χ0) is 41.7. The second kappa shape index (κ2) is 15.2. The molecule has 0 fully saturated rings. The summed E-state index contributed by atoms with van der Waals surface area (Å²) >= 11 is 0. The van der Waals surface area contributed by atoms with Crippen molar-refractivity contribution in [2.45, 2.75) is 0 Å². The molecule has 0 aliphatic rings. The molecule has 0 amide bonds. The molecule has 0 saturated carbocycles. The molecule has 2 heterocycles. The van der Waals surface area contributed by atoms with Crippen LogP contribution in [-0.2, 0) is 0 Å². The molecule has 0 unspecified atom stereocenters. The number of para-hydroxylation sites is 2. The van der Waals surface area contributed by atoms with Gasteiger partial charge in [-0.2, -0.15) is 0 Å². The molecule has 12 aromatic rings. The summed E-state index contributed by atoms with van der Waals surface area (Å²) in [4.78, 5) is 0. The van der Waals surface area contributed by atoms with E-state index in [2.05, 4.69) is 264 Å². The maximum Gasteiger partial charge on any atom is 0.179 e. The minimum absolute atomic E-state index is 1.13. The second-order valence-electron chi connectivity index (χ2n) is 16.5. The molecule has 2 nitrogen and oxygen atoms in total. The molecule has 0 N–H and O–H groups in total. The summed E-state index contributed by atoms with van der Waals surface area (Å²) in [5.74, 6) is 0. The Labute approximate surface area is 368 Å². The predicted molar refractivity (Wildman–Crippen MR) is 270 cm³/mol. The lowest BCUT2D eigenvalue weighted by atomic mass is 10.0. The number of benzene rings is 10. The van der Waals surface area contributed by atoms with Crippen LogP contribution in [0.25, 0.3) is 77.2 Å². The number of rotatable bonds is 8. The van der Waals surface area contributed by atoms with E-state index in [1.54, 1.807) is 0 Å². The van der Waals surface area contributed by atoms with Gasteiger partial charge in [-0.25, -0.2) is 0 Å². The largest absolute Gasteiger partial charge is 0.309 e. The van der Waals surface area contributed by atoms with Crippen molar-refractivity contribution in [1.82, 2.24) is 9.13 Å². The molecular weight excluding hydrogens is 777 g/mol. The zero-order valence-electron chi connectivity index (χ0n) is 34.6. The fourth-order valence-electron chi connectivity index (χ4n) is 10.3. The third kappa shape index (κ3) is 5.93. The fraction of sp³-hybridized carbons (Fsp3) is 0. The van der Waals surface area contributed by atoms with Gasteiger partial charge in [0.1, 0.15) is 0 Å². The van der Waals surface area contributed by atoms with Crippen molar-refractivity contribution < 1.29 is 0 Å². The van der Waals surface area contributed by atoms with Crippen molar-refractivity contribution in [3.63, 3.8) is 0 Å². The van der Waals surface area contributed by atoms with Crippen molar-refractivity contribution in [2.75, 3.05) is 0 Å². The van der Waals surface area contributed by atoms with Crippen LogP contribution in [0.1, 0.15) is 0 Å². The number of hydrogen-bond donors (Lipinski definition) is 0. The zero-order valence-corrected chi connectivity index (χ0v) is 35.6. The Hall–Kier alpha value is -7.98. The summed E-state index contributed by atoms with van der Waals surface area (Å²) in [7, 11) is -2.75. The first-order chi connectivity index (χ1) is 31.3. The lowest BCUT2D eigenvalue weighted by molar-refractivity contribution is 1.16. The Bertz CT molecular complexity index is 3500. The van der Waals surface area contributed by atoms with E-state index in [1.807, 2.05) is 0 Å². The molecule has 0 radical (unpaired) electrons. The predicted octanol–water partition coefficient (Wildman–Crippen LogP) is 12.6. The monoisotopic (exact) mass is 818 g/mol. The first-order valence-electron chi connectivity index (χ1n) is 21.8. The van der Waals surface area contributed by atoms with Gasteiger partial charge in [-0.15, -0.1) is 0 Å². The summed E-state index contributed by atoms with van der Waals surface area (Å²) in [5.41, 5.74) is 11.8. The topological polar surface area (TPSA) is 9.86 Å². The normalized spacial score (nSPS) is 11.8. The van der Waals surface area contributed by atoms with Crippen LogP contribution >= 0.6 is 0 Å². The quantitative estimate of drug-likeness (QED) is 0.107. The first kappa shape index (κ1) is 36.8. The molecule has 296 valence electrons. The van der Waals surface area contributed by atoms with Crippen LogP contribution in [0.2, 0.25) is 0 Å². The van der Waals surface area contributed by atoms with Crippen LogP contribution < -0.4 is 20.7 Å². The van der Waals surface area contributed by atoms with Crippen molar-refractivity contribution in [1.29, 1.82) is 0 Å². The molecule has 0 atom stereocenters. The van der Waals surface area contributed by atoms with Gasteiger partial charge in [-0.1, -0.05) is 218 Å². The minimum Gasteiger partial charge on any atom is -0.309 e. The minimum atomic E-state index is -2.75. The van der Waals surface area contributed by atoms with E-state index >= 15 is 0 Å². The Kier molecular flexibility index (Phi) is 8.87. The number of fused-ring (bicyclic) bond motifs is 6. The summed E-state index contributed by atoms with van der Waals surface area (Å²) in [6, 6.07) is 94.2. The Morgan fingerprint density at radius 1 is 0.254 bits per heavy atom. The molecule has 10 aromatic carbocycles. The molecule has 2 aromatic heterocycles. The highest BCUT2D eigenvalue weighted by atomic mass is 28.3. The van der Waals surface area contributed by atoms with E-state index in [0.717, 1.165) is 11.4 Å². The van der Waals surface area contributed by atoms with Crippen LogP contribution in [0.4, 0.5) is 0 Å². The van der Waals surface area contributed by atoms with Crippen molar-refractivity contribution in [2.24, 2.45) is 0 Å². The third-order valence-corrected chi connectivity index (χ3v) is 17.8. The maximum absolute atomic E-state index is 2.75. The van der Waals surface area contributed by atoms with Crippen LogP contribution in [0.5, 0.6) is 0 Å². The Morgan fingerprint density at radius 3 is 1.43 bits per heavy atom. The van der Waals surface area contributed by atoms with Gasteiger partial charge in [0.2, 0.25) is 0 Å². The highest BCUT2D eigenvalue weighted by Gasteiger charge is 2.41. The van der Waals surface area contributed by atoms with E-state index < -0.39 is 8.07 Å². The molecular formula is C60H42N2Si. The highest BCUT2D eigenvalue weighted by Crippen LogP contribution is 2.41. The molecule has 0 bridgehead atoms. The van der Waals surface area contributed by atoms with Crippen LogP contribution in [0.15, 0.2) is 255 Å². The van der Waals surface area contributed by atoms with E-state index in [4.69, 9.17) is 0 Å². The van der Waals surface area contributed by atoms with Gasteiger partial charge in [0.05, 0.1) is 22.1 Å². The lowest BCUT2D eigenvalue weighted by Gasteiger charge is -2.34. The van der Waals surface area contributed by atoms with Gasteiger partial charge in [-0.3, -0.25) is 0 Å². The summed E-state index contributed by atoms with van der Waals surface area (Å²) in [5, 5.41) is 10.4. The maximum atomic E-state index is 2.52. The van der Waals surface area contributed by atoms with Crippen LogP contribution in [0, 0.1) is 0 Å². The van der Waals surface area contributed by atoms with E-state index in [9.17, 15) is 0 Å². The average Bonchev–Trinajstić information content (AvgIpc) is 3.88. The Balaban J connectivity index is 1.13. The molecule has 0 saturated heterocycles. The molecule has 63 heavy (non-hydrogen) atoms. The van der Waals surface area contributed by atoms with Crippen LogP contribution in [-0.4, -0.2) is 17.2 Å². The van der Waals surface area contributed by atoms with Gasteiger partial charge in [0, 0.05) is 38.5 Å². The summed E-state index contributed by atoms with van der Waals surface area (Å²) in [6.07, 6.45) is 0. The van der Waals surface area contributed by atoms with Gasteiger partial charge in [0.15, 0.2) is 8.07 Å². The fourth-order valence-corrected chi connectivity index (χ4v) is 15.1. The van der Waals surface area contributed by atoms with E-state index in [1.165, 1.54) is 86.6 Å². The first-order valence-corrected chi connectivity index (χ1v) is 23.8. The number of hydrogen-bond acceptors (Lipinski definition) is 0. The smallest absolute Gasteiger partial charge is 0.179 e. The standard InChI is InChI=1S/C60H42N2Si/c1-6-20-43(21-7-1)45-24-18-25-46(40-45)62-59-41-47(36-38-54(59)55-34-19-33-52(60(55)62)44-22-8-2-9-23-44)61-57-35-17-16-32-53(57)56-42-51(37-39-58(56)61)63(48-26-10-3-11-27-48,49-28-12-4-13-29-49)50-30-14-5-15-31-50/h1-42H. The van der Waals surface area contributed by atoms with Crippen molar-refractivity contribution in [3.05, 3.63) is 255 Å². The van der Waals surface area contributed by atoms with E-state index in [-0.39, 0.29) is 0 Å². The lowest BCUT2D eigenvalue weighted by Crippen LogP contribution is -2.74.